The lowest BCUT2D eigenvalue weighted by molar-refractivity contribution is -0.137. The van der Waals surface area contributed by atoms with Crippen molar-refractivity contribution in [1.29, 1.82) is 0 Å². The molecule has 1 aliphatic carbocycles. The third-order valence-electron chi connectivity index (χ3n) is 6.92. The van der Waals surface area contributed by atoms with Gasteiger partial charge in [0.15, 0.2) is 0 Å². The maximum absolute atomic E-state index is 13.3. The van der Waals surface area contributed by atoms with Gasteiger partial charge in [0, 0.05) is 31.2 Å². The SMILES string of the molecule is O=C(O)CCC1CCC(N2CCCN(c3ccc4c(c3)CCNCC4)C2=O)CC1. The number of nitrogens with zero attached hydrogens (tertiary/aromatic N) is 2. The normalized spacial score (nSPS) is 25.4. The van der Waals surface area contributed by atoms with E-state index < -0.39 is 5.97 Å². The maximum atomic E-state index is 13.3. The molecule has 2 heterocycles. The molecule has 0 radical (unpaired) electrons. The lowest BCUT2D eigenvalue weighted by Crippen LogP contribution is -2.54. The molecule has 6 nitrogen and oxygen atoms in total. The van der Waals surface area contributed by atoms with E-state index in [2.05, 4.69) is 28.4 Å². The van der Waals surface area contributed by atoms with Crippen molar-refractivity contribution in [3.63, 3.8) is 0 Å². The van der Waals surface area contributed by atoms with E-state index in [1.54, 1.807) is 0 Å². The third kappa shape index (κ3) is 4.74. The number of anilines is 1. The highest BCUT2D eigenvalue weighted by Gasteiger charge is 2.34. The van der Waals surface area contributed by atoms with E-state index in [1.165, 1.54) is 11.1 Å². The van der Waals surface area contributed by atoms with Crippen LogP contribution in [0.2, 0.25) is 0 Å². The van der Waals surface area contributed by atoms with Gasteiger partial charge in [0.05, 0.1) is 0 Å². The quantitative estimate of drug-likeness (QED) is 0.796. The molecule has 6 heteroatoms. The molecule has 1 aromatic rings. The number of amides is 2. The van der Waals surface area contributed by atoms with E-state index in [4.69, 9.17) is 5.11 Å². The summed E-state index contributed by atoms with van der Waals surface area (Å²) in [6.07, 6.45) is 8.19. The highest BCUT2D eigenvalue weighted by Crippen LogP contribution is 2.33. The number of hydrogen-bond donors (Lipinski definition) is 2. The molecule has 2 aliphatic heterocycles. The van der Waals surface area contributed by atoms with E-state index in [0.717, 1.165) is 83.2 Å². The number of carbonyl (C=O) groups is 2. The Bertz CT molecular complexity index is 743. The highest BCUT2D eigenvalue weighted by molar-refractivity contribution is 5.93. The standard InChI is InChI=1S/C23H33N3O3/c27-22(28)9-4-17-2-6-20(7-3-17)25-14-1-15-26(23(25)29)21-8-5-18-10-12-24-13-11-19(18)16-21/h5,8,16-17,20,24H,1-4,6-7,9-15H2,(H,27,28). The number of fused-ring (bicyclic) bond motifs is 1. The molecule has 158 valence electrons. The molecule has 1 aromatic carbocycles. The fourth-order valence-corrected chi connectivity index (χ4v) is 5.22. The number of rotatable bonds is 5. The third-order valence-corrected chi connectivity index (χ3v) is 6.92. The van der Waals surface area contributed by atoms with Gasteiger partial charge in [-0.1, -0.05) is 6.07 Å². The summed E-state index contributed by atoms with van der Waals surface area (Å²) >= 11 is 0. The van der Waals surface area contributed by atoms with Crippen molar-refractivity contribution >= 4 is 17.7 Å². The number of aliphatic carboxylic acids is 1. The summed E-state index contributed by atoms with van der Waals surface area (Å²) < 4.78 is 0. The van der Waals surface area contributed by atoms with E-state index >= 15 is 0 Å². The molecule has 0 atom stereocenters. The number of carboxylic acids is 1. The minimum atomic E-state index is -0.703. The van der Waals surface area contributed by atoms with Crippen LogP contribution in [0.1, 0.15) is 56.1 Å². The fourth-order valence-electron chi connectivity index (χ4n) is 5.22. The monoisotopic (exact) mass is 399 g/mol. The Kier molecular flexibility index (Phi) is 6.38. The second-order valence-electron chi connectivity index (χ2n) is 8.79. The second kappa shape index (κ2) is 9.16. The van der Waals surface area contributed by atoms with E-state index in [-0.39, 0.29) is 12.5 Å². The Morgan fingerprint density at radius 2 is 1.83 bits per heavy atom. The minimum absolute atomic E-state index is 0.150. The molecule has 0 unspecified atom stereocenters. The fraction of sp³-hybridized carbons (Fsp3) is 0.652. The molecule has 3 aliphatic rings. The van der Waals surface area contributed by atoms with Gasteiger partial charge in [0.1, 0.15) is 0 Å². The molecule has 2 N–H and O–H groups in total. The average Bonchev–Trinajstić information content (AvgIpc) is 2.98. The van der Waals surface area contributed by atoms with Crippen molar-refractivity contribution < 1.29 is 14.7 Å². The van der Waals surface area contributed by atoms with Crippen LogP contribution in [-0.2, 0) is 17.6 Å². The number of urea groups is 1. The van der Waals surface area contributed by atoms with Crippen molar-refractivity contribution in [2.75, 3.05) is 31.1 Å². The van der Waals surface area contributed by atoms with Crippen molar-refractivity contribution in [3.05, 3.63) is 29.3 Å². The zero-order valence-electron chi connectivity index (χ0n) is 17.2. The first-order valence-electron chi connectivity index (χ1n) is 11.2. The maximum Gasteiger partial charge on any atom is 0.324 e. The van der Waals surface area contributed by atoms with Crippen LogP contribution in [0, 0.1) is 5.92 Å². The van der Waals surface area contributed by atoms with Gasteiger partial charge in [-0.2, -0.15) is 0 Å². The second-order valence-corrected chi connectivity index (χ2v) is 8.79. The van der Waals surface area contributed by atoms with Gasteiger partial charge in [0.2, 0.25) is 0 Å². The Morgan fingerprint density at radius 3 is 2.59 bits per heavy atom. The van der Waals surface area contributed by atoms with Gasteiger partial charge in [-0.05, 0) is 93.6 Å². The van der Waals surface area contributed by atoms with Gasteiger partial charge in [0.25, 0.3) is 0 Å². The molecule has 1 saturated carbocycles. The molecular weight excluding hydrogens is 366 g/mol. The van der Waals surface area contributed by atoms with Gasteiger partial charge in [-0.3, -0.25) is 9.69 Å². The first-order valence-corrected chi connectivity index (χ1v) is 11.2. The van der Waals surface area contributed by atoms with Crippen molar-refractivity contribution in [2.45, 2.75) is 63.8 Å². The van der Waals surface area contributed by atoms with Crippen LogP contribution < -0.4 is 10.2 Å². The number of carbonyl (C=O) groups excluding carboxylic acids is 1. The smallest absolute Gasteiger partial charge is 0.324 e. The minimum Gasteiger partial charge on any atom is -0.481 e. The largest absolute Gasteiger partial charge is 0.481 e. The zero-order chi connectivity index (χ0) is 20.2. The van der Waals surface area contributed by atoms with Gasteiger partial charge < -0.3 is 15.3 Å². The van der Waals surface area contributed by atoms with Crippen LogP contribution in [0.25, 0.3) is 0 Å². The van der Waals surface area contributed by atoms with Gasteiger partial charge >= 0.3 is 12.0 Å². The molecular formula is C23H33N3O3. The Balaban J connectivity index is 1.40. The number of hydrogen-bond acceptors (Lipinski definition) is 3. The predicted molar refractivity (Wildman–Crippen MR) is 113 cm³/mol. The van der Waals surface area contributed by atoms with E-state index in [1.807, 2.05) is 4.90 Å². The molecule has 2 fully saturated rings. The van der Waals surface area contributed by atoms with Crippen LogP contribution in [0.15, 0.2) is 18.2 Å². The van der Waals surface area contributed by atoms with Crippen LogP contribution in [-0.4, -0.2) is 54.2 Å². The lowest BCUT2D eigenvalue weighted by Gasteiger charge is -2.42. The molecule has 2 amide bonds. The Labute approximate surface area is 173 Å². The zero-order valence-corrected chi connectivity index (χ0v) is 17.2. The summed E-state index contributed by atoms with van der Waals surface area (Å²) in [4.78, 5) is 28.2. The van der Waals surface area contributed by atoms with E-state index in [0.29, 0.717) is 12.0 Å². The van der Waals surface area contributed by atoms with Crippen LogP contribution in [0.4, 0.5) is 10.5 Å². The van der Waals surface area contributed by atoms with Crippen LogP contribution >= 0.6 is 0 Å². The predicted octanol–water partition coefficient (Wildman–Crippen LogP) is 3.43. The number of nitrogens with one attached hydrogen (secondary N) is 1. The summed E-state index contributed by atoms with van der Waals surface area (Å²) in [6.45, 7) is 3.66. The Hall–Kier alpha value is -2.08. The van der Waals surface area contributed by atoms with Crippen molar-refractivity contribution in [1.82, 2.24) is 10.2 Å². The summed E-state index contributed by atoms with van der Waals surface area (Å²) in [5.74, 6) is -0.206. The first kappa shape index (κ1) is 20.2. The molecule has 1 saturated heterocycles. The average molecular weight is 400 g/mol. The van der Waals surface area contributed by atoms with Gasteiger partial charge in [-0.25, -0.2) is 4.79 Å². The summed E-state index contributed by atoms with van der Waals surface area (Å²) in [6, 6.07) is 7.01. The summed E-state index contributed by atoms with van der Waals surface area (Å²) in [5, 5.41) is 12.3. The van der Waals surface area contributed by atoms with Crippen LogP contribution in [0.5, 0.6) is 0 Å². The van der Waals surface area contributed by atoms with Crippen molar-refractivity contribution in [2.24, 2.45) is 5.92 Å². The molecule has 0 spiro atoms. The van der Waals surface area contributed by atoms with Crippen LogP contribution in [0.3, 0.4) is 0 Å². The molecule has 0 aromatic heterocycles. The Morgan fingerprint density at radius 1 is 1.07 bits per heavy atom. The topological polar surface area (TPSA) is 72.9 Å². The van der Waals surface area contributed by atoms with Crippen molar-refractivity contribution in [3.8, 4) is 0 Å². The molecule has 0 bridgehead atoms. The lowest BCUT2D eigenvalue weighted by atomic mass is 9.82. The molecule has 29 heavy (non-hydrogen) atoms. The first-order chi connectivity index (χ1) is 14.1. The van der Waals surface area contributed by atoms with Gasteiger partial charge in [-0.15, -0.1) is 0 Å². The highest BCUT2D eigenvalue weighted by atomic mass is 16.4. The number of carboxylic acid groups (broad SMARTS) is 1. The summed E-state index contributed by atoms with van der Waals surface area (Å²) in [5.41, 5.74) is 3.81. The van der Waals surface area contributed by atoms with E-state index in [9.17, 15) is 9.59 Å². The molecule has 4 rings (SSSR count). The number of benzene rings is 1. The summed E-state index contributed by atoms with van der Waals surface area (Å²) in [7, 11) is 0.